The Labute approximate surface area is 116 Å². The zero-order chi connectivity index (χ0) is 14.4. The van der Waals surface area contributed by atoms with Gasteiger partial charge in [0.05, 0.1) is 7.11 Å². The molecule has 1 heterocycles. The van der Waals surface area contributed by atoms with Gasteiger partial charge >= 0.3 is 0 Å². The lowest BCUT2D eigenvalue weighted by Crippen LogP contribution is -1.98. The molecule has 98 valence electrons. The van der Waals surface area contributed by atoms with Crippen molar-refractivity contribution in [3.8, 4) is 23.6 Å². The smallest absolute Gasteiger partial charge is 0.145 e. The first-order chi connectivity index (χ1) is 9.75. The van der Waals surface area contributed by atoms with Crippen molar-refractivity contribution in [3.63, 3.8) is 0 Å². The third-order valence-corrected chi connectivity index (χ3v) is 2.59. The van der Waals surface area contributed by atoms with Crippen molar-refractivity contribution in [2.45, 2.75) is 6.61 Å². The van der Waals surface area contributed by atoms with Crippen molar-refractivity contribution in [2.24, 2.45) is 0 Å². The molecule has 0 radical (unpaired) electrons. The second-order valence-corrected chi connectivity index (χ2v) is 3.93. The maximum Gasteiger partial charge on any atom is 0.145 e. The molecule has 5 heteroatoms. The number of nitriles is 2. The van der Waals surface area contributed by atoms with Gasteiger partial charge in [0.1, 0.15) is 41.6 Å². The van der Waals surface area contributed by atoms with Gasteiger partial charge in [-0.1, -0.05) is 12.1 Å². The molecule has 0 bridgehead atoms. The average Bonchev–Trinajstić information content (AvgIpc) is 2.53. The van der Waals surface area contributed by atoms with Crippen molar-refractivity contribution in [2.75, 3.05) is 7.11 Å². The van der Waals surface area contributed by atoms with Crippen LogP contribution in [0.25, 0.3) is 0 Å². The summed E-state index contributed by atoms with van der Waals surface area (Å²) in [5.74, 6) is 1.22. The van der Waals surface area contributed by atoms with E-state index in [0.29, 0.717) is 12.4 Å². The van der Waals surface area contributed by atoms with Crippen molar-refractivity contribution in [3.05, 3.63) is 53.3 Å². The van der Waals surface area contributed by atoms with Crippen molar-refractivity contribution >= 4 is 0 Å². The summed E-state index contributed by atoms with van der Waals surface area (Å²) in [7, 11) is 1.61. The Bertz CT molecular complexity index is 649. The Kier molecular flexibility index (Phi) is 4.16. The first kappa shape index (κ1) is 13.4. The Hall–Kier alpha value is -3.05. The number of hydrogen-bond acceptors (Lipinski definition) is 5. The lowest BCUT2D eigenvalue weighted by molar-refractivity contribution is 0.305. The molecule has 0 unspecified atom stereocenters. The minimum absolute atomic E-state index is 0.161. The first-order valence-corrected chi connectivity index (χ1v) is 5.83. The molecule has 0 saturated heterocycles. The van der Waals surface area contributed by atoms with Crippen LogP contribution in [-0.2, 0) is 6.61 Å². The fraction of sp³-hybridized carbons (Fsp3) is 0.133. The van der Waals surface area contributed by atoms with Crippen LogP contribution in [-0.4, -0.2) is 12.1 Å². The van der Waals surface area contributed by atoms with Crippen molar-refractivity contribution < 1.29 is 9.47 Å². The monoisotopic (exact) mass is 265 g/mol. The van der Waals surface area contributed by atoms with Crippen LogP contribution >= 0.6 is 0 Å². The highest BCUT2D eigenvalue weighted by Crippen LogP contribution is 2.17. The van der Waals surface area contributed by atoms with Gasteiger partial charge in [-0.2, -0.15) is 10.5 Å². The fourth-order valence-corrected chi connectivity index (χ4v) is 1.59. The van der Waals surface area contributed by atoms with E-state index in [4.69, 9.17) is 20.0 Å². The van der Waals surface area contributed by atoms with Gasteiger partial charge in [-0.3, -0.25) is 0 Å². The second-order valence-electron chi connectivity index (χ2n) is 3.93. The van der Waals surface area contributed by atoms with E-state index in [-0.39, 0.29) is 11.4 Å². The van der Waals surface area contributed by atoms with Gasteiger partial charge in [0.25, 0.3) is 0 Å². The third-order valence-electron chi connectivity index (χ3n) is 2.59. The molecule has 5 nitrogen and oxygen atoms in total. The summed E-state index contributed by atoms with van der Waals surface area (Å²) in [6, 6.07) is 14.3. The fourth-order valence-electron chi connectivity index (χ4n) is 1.59. The maximum absolute atomic E-state index is 8.83. The normalized spacial score (nSPS) is 9.35. The molecule has 0 saturated carbocycles. The maximum atomic E-state index is 8.83. The SMILES string of the molecule is COc1ccc(COc2cc(C#N)nc(C#N)c2)cc1. The van der Waals surface area contributed by atoms with Gasteiger partial charge < -0.3 is 9.47 Å². The van der Waals surface area contributed by atoms with Crippen LogP contribution in [0, 0.1) is 22.7 Å². The molecule has 0 aliphatic rings. The Morgan fingerprint density at radius 1 is 1.00 bits per heavy atom. The van der Waals surface area contributed by atoms with Crippen LogP contribution in [0.15, 0.2) is 36.4 Å². The highest BCUT2D eigenvalue weighted by molar-refractivity contribution is 5.37. The van der Waals surface area contributed by atoms with Crippen molar-refractivity contribution in [1.82, 2.24) is 4.98 Å². The largest absolute Gasteiger partial charge is 0.497 e. The minimum Gasteiger partial charge on any atom is -0.497 e. The Morgan fingerprint density at radius 3 is 2.10 bits per heavy atom. The molecule has 0 atom stereocenters. The molecular weight excluding hydrogens is 254 g/mol. The lowest BCUT2D eigenvalue weighted by atomic mass is 10.2. The quantitative estimate of drug-likeness (QED) is 0.848. The molecule has 0 aliphatic heterocycles. The van der Waals surface area contributed by atoms with E-state index < -0.39 is 0 Å². The van der Waals surface area contributed by atoms with E-state index in [1.54, 1.807) is 7.11 Å². The summed E-state index contributed by atoms with van der Waals surface area (Å²) in [5.41, 5.74) is 1.28. The van der Waals surface area contributed by atoms with Crippen LogP contribution in [0.3, 0.4) is 0 Å². The van der Waals surface area contributed by atoms with Gasteiger partial charge in [0.2, 0.25) is 0 Å². The van der Waals surface area contributed by atoms with E-state index in [1.807, 2.05) is 36.4 Å². The predicted octanol–water partition coefficient (Wildman–Crippen LogP) is 2.41. The number of aromatic nitrogens is 1. The number of hydrogen-bond donors (Lipinski definition) is 0. The number of pyridine rings is 1. The van der Waals surface area contributed by atoms with E-state index in [1.165, 1.54) is 12.1 Å². The molecule has 0 N–H and O–H groups in total. The molecule has 0 amide bonds. The van der Waals surface area contributed by atoms with Crippen LogP contribution < -0.4 is 9.47 Å². The molecule has 2 aromatic rings. The summed E-state index contributed by atoms with van der Waals surface area (Å²) in [6.07, 6.45) is 0. The summed E-state index contributed by atoms with van der Waals surface area (Å²) in [5, 5.41) is 17.7. The Balaban J connectivity index is 2.10. The zero-order valence-corrected chi connectivity index (χ0v) is 10.8. The van der Waals surface area contributed by atoms with E-state index in [2.05, 4.69) is 4.98 Å². The molecule has 0 aliphatic carbocycles. The highest BCUT2D eigenvalue weighted by atomic mass is 16.5. The summed E-state index contributed by atoms with van der Waals surface area (Å²) >= 11 is 0. The summed E-state index contributed by atoms with van der Waals surface area (Å²) in [4.78, 5) is 3.83. The van der Waals surface area contributed by atoms with Crippen LogP contribution in [0.4, 0.5) is 0 Å². The first-order valence-electron chi connectivity index (χ1n) is 5.83. The number of methoxy groups -OCH3 is 1. The van der Waals surface area contributed by atoms with Gasteiger partial charge in [0, 0.05) is 12.1 Å². The van der Waals surface area contributed by atoms with Crippen LogP contribution in [0.5, 0.6) is 11.5 Å². The standard InChI is InChI=1S/C15H11N3O2/c1-19-14-4-2-11(3-5-14)10-20-15-6-12(8-16)18-13(7-15)9-17/h2-7H,10H2,1H3. The number of ether oxygens (including phenoxy) is 2. The molecule has 1 aromatic heterocycles. The molecular formula is C15H11N3O2. The van der Waals surface area contributed by atoms with Gasteiger partial charge in [-0.25, -0.2) is 4.98 Å². The van der Waals surface area contributed by atoms with E-state index in [9.17, 15) is 0 Å². The lowest BCUT2D eigenvalue weighted by Gasteiger charge is -2.07. The van der Waals surface area contributed by atoms with E-state index in [0.717, 1.165) is 11.3 Å². The van der Waals surface area contributed by atoms with Gasteiger partial charge in [0.15, 0.2) is 0 Å². The Morgan fingerprint density at radius 2 is 1.60 bits per heavy atom. The molecule has 1 aromatic carbocycles. The zero-order valence-electron chi connectivity index (χ0n) is 10.8. The van der Waals surface area contributed by atoms with Gasteiger partial charge in [-0.05, 0) is 17.7 Å². The number of rotatable bonds is 4. The highest BCUT2D eigenvalue weighted by Gasteiger charge is 2.03. The van der Waals surface area contributed by atoms with Crippen LogP contribution in [0.2, 0.25) is 0 Å². The molecule has 20 heavy (non-hydrogen) atoms. The minimum atomic E-state index is 0.161. The number of nitrogens with zero attached hydrogens (tertiary/aromatic N) is 3. The number of benzene rings is 1. The summed E-state index contributed by atoms with van der Waals surface area (Å²) in [6.45, 7) is 0.337. The molecule has 2 rings (SSSR count). The molecule has 0 fully saturated rings. The summed E-state index contributed by atoms with van der Waals surface area (Å²) < 4.78 is 10.6. The topological polar surface area (TPSA) is 78.9 Å². The van der Waals surface area contributed by atoms with Gasteiger partial charge in [-0.15, -0.1) is 0 Å². The molecule has 0 spiro atoms. The predicted molar refractivity (Wildman–Crippen MR) is 71.0 cm³/mol. The van der Waals surface area contributed by atoms with Crippen molar-refractivity contribution in [1.29, 1.82) is 10.5 Å². The van der Waals surface area contributed by atoms with Crippen LogP contribution in [0.1, 0.15) is 17.0 Å². The third kappa shape index (κ3) is 3.24. The van der Waals surface area contributed by atoms with E-state index >= 15 is 0 Å². The second kappa shape index (κ2) is 6.21. The average molecular weight is 265 g/mol.